The predicted octanol–water partition coefficient (Wildman–Crippen LogP) is 9.13. The normalized spacial score (nSPS) is 11.4. The van der Waals surface area contributed by atoms with Crippen molar-refractivity contribution in [2.75, 3.05) is 0 Å². The zero-order valence-corrected chi connectivity index (χ0v) is 60.2. The Morgan fingerprint density at radius 3 is 0.342 bits per heavy atom. The van der Waals surface area contributed by atoms with Gasteiger partial charge in [0.1, 0.15) is 0 Å². The van der Waals surface area contributed by atoms with Crippen LogP contribution in [-0.4, -0.2) is 0 Å². The van der Waals surface area contributed by atoms with Crippen LogP contribution in [0.4, 0.5) is 0 Å². The van der Waals surface area contributed by atoms with Gasteiger partial charge in [0.05, 0.1) is 0 Å². The van der Waals surface area contributed by atoms with E-state index in [9.17, 15) is 39.1 Å². The Balaban J connectivity index is 0.000000356. The van der Waals surface area contributed by atoms with E-state index in [0.29, 0.717) is 0 Å². The molecule has 8 aromatic carbocycles. The fourth-order valence-corrected chi connectivity index (χ4v) is 28.5. The first-order chi connectivity index (χ1) is 35.5. The zero-order chi connectivity index (χ0) is 56.2. The topological polar surface area (TPSA) is 184 Å². The van der Waals surface area contributed by atoms with Gasteiger partial charge in [0.15, 0.2) is 0 Å². The largest absolute Gasteiger partial charge is 4.00 e. The third-order valence-corrected chi connectivity index (χ3v) is 34.2. The van der Waals surface area contributed by atoms with Crippen molar-refractivity contribution in [1.82, 2.24) is 0 Å². The summed E-state index contributed by atoms with van der Waals surface area (Å²) in [6.07, 6.45) is 0. The Morgan fingerprint density at radius 2 is 0.278 bits per heavy atom. The van der Waals surface area contributed by atoms with Crippen molar-refractivity contribution in [3.8, 4) is 0 Å². The molecule has 8 rings (SSSR count). The third-order valence-electron chi connectivity index (χ3n) is 10.8. The summed E-state index contributed by atoms with van der Waals surface area (Å²) in [7, 11) is -4.28. The van der Waals surface area contributed by atoms with Gasteiger partial charge in [-0.25, -0.2) is 0 Å². The van der Waals surface area contributed by atoms with Crippen molar-refractivity contribution >= 4 is 112 Å². The van der Waals surface area contributed by atoms with Crippen molar-refractivity contribution in [3.63, 3.8) is 0 Å². The summed E-state index contributed by atoms with van der Waals surface area (Å²) in [6, 6.07) is 60.1. The molecule has 0 spiro atoms. The summed E-state index contributed by atoms with van der Waals surface area (Å²) < 4.78 is 0. The monoisotopic (exact) mass is 1530 g/mol. The molecule has 0 atom stereocenters. The maximum atomic E-state index is 12.0. The molecule has 414 valence electrons. The molecule has 0 unspecified atom stereocenters. The van der Waals surface area contributed by atoms with Gasteiger partial charge in [0, 0.05) is 39.2 Å². The molecule has 0 saturated carbocycles. The summed E-state index contributed by atoms with van der Waals surface area (Å²) >= 11 is 19.0. The van der Waals surface area contributed by atoms with Crippen molar-refractivity contribution in [2.45, 2.75) is 94.6 Å². The molecule has 0 aromatic heterocycles. The third kappa shape index (κ3) is 24.4. The summed E-state index contributed by atoms with van der Waals surface area (Å²) in [5.74, 6) is 0. The van der Waals surface area contributed by atoms with E-state index in [-0.39, 0.29) is 63.2 Å². The summed E-state index contributed by atoms with van der Waals surface area (Å²) in [5.41, 5.74) is -6.77. The van der Waals surface area contributed by atoms with Crippen LogP contribution in [0.3, 0.4) is 0 Å². The van der Waals surface area contributed by atoms with Crippen LogP contribution < -0.4 is 39.1 Å². The second-order valence-electron chi connectivity index (χ2n) is 17.4. The molecule has 8 nitrogen and oxygen atoms in total. The molecule has 0 fully saturated rings. The van der Waals surface area contributed by atoms with Crippen LogP contribution in [0.15, 0.2) is 233 Å². The zero-order valence-electron chi connectivity index (χ0n) is 44.0. The average molecular weight is 1530 g/mol. The van der Waals surface area contributed by atoms with Crippen LogP contribution in [0.2, 0.25) is 0 Å². The molecule has 8 aromatic rings. The molecule has 0 radical (unpaired) electrons. The summed E-state index contributed by atoms with van der Waals surface area (Å²) in [5, 5.41) is 0. The second-order valence-corrected chi connectivity index (χ2v) is 45.8. The second kappa shape index (κ2) is 34.4. The molecule has 0 bridgehead atoms. The van der Waals surface area contributed by atoms with Crippen LogP contribution in [0.25, 0.3) is 0 Å². The Hall–Kier alpha value is 0.0249. The molecular weight excluding hydrogens is 1470 g/mol. The van der Waals surface area contributed by atoms with Gasteiger partial charge in [-0.2, -0.15) is 40.3 Å². The van der Waals surface area contributed by atoms with Crippen LogP contribution >= 0.6 is 22.8 Å². The Bertz CT molecular complexity index is 2770. The standard InChI is InChI=1S/4C14H14O2PS2.3Mo/c4*1-11-3-7-13(8-4-11)19(17(15,16)18)14-9-5-12(2)6-10-14;;;/h4*3-10H,1-2H3;;;/q4*-3;3*+4. The van der Waals surface area contributed by atoms with Crippen molar-refractivity contribution in [3.05, 3.63) is 239 Å². The van der Waals surface area contributed by atoms with Crippen molar-refractivity contribution in [2.24, 2.45) is 0 Å². The van der Waals surface area contributed by atoms with Crippen LogP contribution in [-0.2, 0) is 152 Å². The summed E-state index contributed by atoms with van der Waals surface area (Å²) in [6.45, 7) is 15.8. The van der Waals surface area contributed by atoms with E-state index in [0.717, 1.165) is 83.7 Å². The Labute approximate surface area is 541 Å². The van der Waals surface area contributed by atoms with E-state index in [1.807, 2.05) is 250 Å². The first-order valence-electron chi connectivity index (χ1n) is 23.1. The molecule has 23 heteroatoms. The number of aryl methyl sites for hydroxylation is 8. The minimum Gasteiger partial charge on any atom is -0.853 e. The SMILES string of the molecule is Cc1ccc(S(c2ccc(C)cc2)=P([O-])([O-])[S-])cc1.Cc1ccc(S(c2ccc(C)cc2)=P([O-])([O-])[S-])cc1.Cc1ccc(S(c2ccc(C)cc2)=P([O-])([O-])[S-])cc1.Cc1ccc(S(c2ccc(C)cc2)=P([O-])([O-])[S-])cc1.[Mo+4].[Mo+4].[Mo+4]. The molecule has 0 amide bonds. The molecule has 0 aliphatic rings. The van der Waals surface area contributed by atoms with E-state index in [2.05, 4.69) is 0 Å². The molecule has 0 aliphatic carbocycles. The Morgan fingerprint density at radius 1 is 0.203 bits per heavy atom. The van der Waals surface area contributed by atoms with Gasteiger partial charge in [0.25, 0.3) is 0 Å². The molecule has 0 aliphatic heterocycles. The molecular formula is C56H56Mo3O8P4S8. The predicted molar refractivity (Wildman–Crippen MR) is 322 cm³/mol. The number of benzene rings is 8. The average Bonchev–Trinajstić information content (AvgIpc) is 3.33. The van der Waals surface area contributed by atoms with E-state index >= 15 is 0 Å². The van der Waals surface area contributed by atoms with Gasteiger partial charge in [-0.05, 0) is 152 Å². The quantitative estimate of drug-likeness (QED) is 0.0800. The maximum Gasteiger partial charge on any atom is 4.00 e. The van der Waals surface area contributed by atoms with Gasteiger partial charge < -0.3 is 111 Å². The Kier molecular flexibility index (Phi) is 32.7. The summed E-state index contributed by atoms with van der Waals surface area (Å²) in [4.78, 5) is 102. The van der Waals surface area contributed by atoms with Gasteiger partial charge in [-0.1, -0.05) is 142 Å². The number of rotatable bonds is 8. The van der Waals surface area contributed by atoms with E-state index in [1.54, 1.807) is 0 Å². The number of hydrogen-bond donors (Lipinski definition) is 0. The molecule has 0 N–H and O–H groups in total. The number of hydrogen-bond acceptors (Lipinski definition) is 12. The molecule has 0 saturated heterocycles. The minimum absolute atomic E-state index is 0. The van der Waals surface area contributed by atoms with Gasteiger partial charge in [-0.15, -0.1) is 0 Å². The first-order valence-corrected chi connectivity index (χ1v) is 41.0. The molecule has 79 heavy (non-hydrogen) atoms. The van der Waals surface area contributed by atoms with Gasteiger partial charge in [0.2, 0.25) is 0 Å². The van der Waals surface area contributed by atoms with Crippen LogP contribution in [0.1, 0.15) is 44.5 Å². The van der Waals surface area contributed by atoms with Crippen LogP contribution in [0.5, 0.6) is 0 Å². The van der Waals surface area contributed by atoms with Crippen molar-refractivity contribution in [1.29, 1.82) is 0 Å². The van der Waals surface area contributed by atoms with Gasteiger partial charge in [-0.3, -0.25) is 0 Å². The van der Waals surface area contributed by atoms with E-state index in [1.165, 1.54) is 0 Å². The maximum absolute atomic E-state index is 12.0. The fraction of sp³-hybridized carbons (Fsp3) is 0.143. The molecule has 0 heterocycles. The van der Waals surface area contributed by atoms with E-state index in [4.69, 9.17) is 49.0 Å². The fourth-order valence-electron chi connectivity index (χ4n) is 6.91. The van der Waals surface area contributed by atoms with E-state index < -0.39 is 63.1 Å². The smallest absolute Gasteiger partial charge is 0.853 e. The van der Waals surface area contributed by atoms with Crippen LogP contribution in [0, 0.1) is 55.4 Å². The van der Waals surface area contributed by atoms with Gasteiger partial charge >= 0.3 is 63.2 Å². The first kappa shape index (κ1) is 75.1. The minimum atomic E-state index is -3.89. The van der Waals surface area contributed by atoms with Crippen molar-refractivity contribution < 1.29 is 102 Å².